The van der Waals surface area contributed by atoms with Gasteiger partial charge in [0.2, 0.25) is 0 Å². The summed E-state index contributed by atoms with van der Waals surface area (Å²) in [6.45, 7) is 5.23. The molecule has 30 heavy (non-hydrogen) atoms. The number of esters is 1. The minimum atomic E-state index is -1.01. The minimum Gasteiger partial charge on any atom is -0.493 e. The number of carbonyl (C=O) groups is 3. The monoisotopic (exact) mass is 413 g/mol. The van der Waals surface area contributed by atoms with Gasteiger partial charge in [-0.15, -0.1) is 0 Å². The Morgan fingerprint density at radius 3 is 2.30 bits per heavy atom. The van der Waals surface area contributed by atoms with Crippen molar-refractivity contribution >= 4 is 23.3 Å². The maximum absolute atomic E-state index is 12.4. The summed E-state index contributed by atoms with van der Waals surface area (Å²) in [7, 11) is 3.01. The number of aryl methyl sites for hydroxylation is 2. The predicted molar refractivity (Wildman–Crippen MR) is 113 cm³/mol. The number of anilines is 1. The lowest BCUT2D eigenvalue weighted by atomic mass is 9.99. The molecule has 0 saturated heterocycles. The zero-order valence-corrected chi connectivity index (χ0v) is 17.9. The Kier molecular flexibility index (Phi) is 7.98. The van der Waals surface area contributed by atoms with Crippen LogP contribution >= 0.6 is 0 Å². The van der Waals surface area contributed by atoms with Crippen molar-refractivity contribution in [2.45, 2.75) is 39.7 Å². The summed E-state index contributed by atoms with van der Waals surface area (Å²) >= 11 is 0. The van der Waals surface area contributed by atoms with E-state index in [-0.39, 0.29) is 18.6 Å². The molecular formula is C23H27NO6. The second kappa shape index (κ2) is 10.4. The molecule has 1 atom stereocenters. The summed E-state index contributed by atoms with van der Waals surface area (Å²) in [6.07, 6.45) is -1.09. The van der Waals surface area contributed by atoms with Crippen LogP contribution in [0.1, 0.15) is 41.3 Å². The molecule has 0 aliphatic carbocycles. The minimum absolute atomic E-state index is 0.0210. The van der Waals surface area contributed by atoms with Crippen molar-refractivity contribution in [1.82, 2.24) is 0 Å². The van der Waals surface area contributed by atoms with Gasteiger partial charge >= 0.3 is 5.97 Å². The highest BCUT2D eigenvalue weighted by Crippen LogP contribution is 2.29. The topological polar surface area (TPSA) is 90.9 Å². The number of hydrogen-bond acceptors (Lipinski definition) is 6. The van der Waals surface area contributed by atoms with E-state index in [9.17, 15) is 14.4 Å². The van der Waals surface area contributed by atoms with Gasteiger partial charge < -0.3 is 19.5 Å². The smallest absolute Gasteiger partial charge is 0.307 e. The first-order chi connectivity index (χ1) is 14.2. The average Bonchev–Trinajstić information content (AvgIpc) is 2.73. The number of ether oxygens (including phenoxy) is 3. The van der Waals surface area contributed by atoms with E-state index in [0.717, 1.165) is 11.1 Å². The first-order valence-corrected chi connectivity index (χ1v) is 9.58. The third-order valence-electron chi connectivity index (χ3n) is 4.58. The second-order valence-electron chi connectivity index (χ2n) is 6.93. The van der Waals surface area contributed by atoms with E-state index in [1.54, 1.807) is 18.2 Å². The number of ketones is 1. The molecule has 160 valence electrons. The van der Waals surface area contributed by atoms with E-state index in [1.807, 2.05) is 32.0 Å². The van der Waals surface area contributed by atoms with E-state index < -0.39 is 18.0 Å². The molecule has 0 bridgehead atoms. The zero-order chi connectivity index (χ0) is 22.3. The van der Waals surface area contributed by atoms with Crippen molar-refractivity contribution in [1.29, 1.82) is 0 Å². The van der Waals surface area contributed by atoms with E-state index in [4.69, 9.17) is 14.2 Å². The maximum atomic E-state index is 12.4. The molecule has 2 rings (SSSR count). The highest BCUT2D eigenvalue weighted by Gasteiger charge is 2.20. The van der Waals surface area contributed by atoms with Gasteiger partial charge in [-0.05, 0) is 44.5 Å². The first kappa shape index (κ1) is 22.9. The number of benzene rings is 2. The molecule has 0 fully saturated rings. The normalized spacial score (nSPS) is 11.4. The van der Waals surface area contributed by atoms with Gasteiger partial charge in [0, 0.05) is 23.7 Å². The van der Waals surface area contributed by atoms with Gasteiger partial charge in [-0.3, -0.25) is 14.4 Å². The molecule has 2 aromatic carbocycles. The number of Topliss-reactive ketones (excluding diaryl/α,β-unsaturated/α-hetero) is 1. The highest BCUT2D eigenvalue weighted by molar-refractivity contribution is 5.99. The summed E-state index contributed by atoms with van der Waals surface area (Å²) in [5.74, 6) is -0.232. The molecule has 0 saturated carbocycles. The molecule has 0 aliphatic heterocycles. The maximum Gasteiger partial charge on any atom is 0.307 e. The fourth-order valence-corrected chi connectivity index (χ4v) is 2.85. The Bertz CT molecular complexity index is 937. The van der Waals surface area contributed by atoms with Crippen LogP contribution in [0.2, 0.25) is 0 Å². The second-order valence-corrected chi connectivity index (χ2v) is 6.93. The Labute approximate surface area is 176 Å². The number of methoxy groups -OCH3 is 2. The van der Waals surface area contributed by atoms with Crippen molar-refractivity contribution in [3.8, 4) is 11.5 Å². The molecule has 1 N–H and O–H groups in total. The lowest BCUT2D eigenvalue weighted by Crippen LogP contribution is -2.30. The van der Waals surface area contributed by atoms with Crippen LogP contribution in [0.25, 0.3) is 0 Å². The van der Waals surface area contributed by atoms with Gasteiger partial charge in [0.1, 0.15) is 0 Å². The van der Waals surface area contributed by atoms with E-state index in [1.165, 1.54) is 21.1 Å². The molecule has 0 unspecified atom stereocenters. The van der Waals surface area contributed by atoms with Crippen molar-refractivity contribution < 1.29 is 28.6 Å². The molecule has 2 aromatic rings. The third kappa shape index (κ3) is 6.07. The Balaban J connectivity index is 1.88. The molecule has 7 nitrogen and oxygen atoms in total. The van der Waals surface area contributed by atoms with Crippen LogP contribution in [-0.4, -0.2) is 38.0 Å². The lowest BCUT2D eigenvalue weighted by Gasteiger charge is -2.15. The van der Waals surface area contributed by atoms with Crippen LogP contribution in [0.4, 0.5) is 5.69 Å². The van der Waals surface area contributed by atoms with Crippen molar-refractivity contribution in [3.63, 3.8) is 0 Å². The summed E-state index contributed by atoms with van der Waals surface area (Å²) in [4.78, 5) is 36.8. The zero-order valence-electron chi connectivity index (χ0n) is 17.9. The van der Waals surface area contributed by atoms with Crippen LogP contribution in [0.5, 0.6) is 11.5 Å². The van der Waals surface area contributed by atoms with Crippen LogP contribution in [-0.2, 0) is 14.3 Å². The van der Waals surface area contributed by atoms with E-state index in [2.05, 4.69) is 5.32 Å². The van der Waals surface area contributed by atoms with Gasteiger partial charge in [0.25, 0.3) is 5.91 Å². The Hall–Kier alpha value is -3.35. The lowest BCUT2D eigenvalue weighted by molar-refractivity contribution is -0.153. The quantitative estimate of drug-likeness (QED) is 0.496. The number of amides is 1. The molecule has 0 heterocycles. The standard InChI is InChI=1S/C23H27NO6/c1-14-6-7-15(2)18(12-14)19(25)9-11-22(26)30-16(3)23(27)24-17-8-10-20(28-4)21(13-17)29-5/h6-8,10,12-13,16H,9,11H2,1-5H3,(H,24,27)/t16-/m0/s1. The summed E-state index contributed by atoms with van der Waals surface area (Å²) in [5.41, 5.74) is 2.92. The number of hydrogen-bond donors (Lipinski definition) is 1. The SMILES string of the molecule is COc1ccc(NC(=O)[C@H](C)OC(=O)CCC(=O)c2cc(C)ccc2C)cc1OC. The molecule has 0 radical (unpaired) electrons. The Morgan fingerprint density at radius 1 is 0.933 bits per heavy atom. The number of nitrogens with one attached hydrogen (secondary N) is 1. The molecular weight excluding hydrogens is 386 g/mol. The molecule has 0 spiro atoms. The predicted octanol–water partition coefficient (Wildman–Crippen LogP) is 3.85. The van der Waals surface area contributed by atoms with Crippen molar-refractivity contribution in [2.75, 3.05) is 19.5 Å². The van der Waals surface area contributed by atoms with Crippen LogP contribution in [0.15, 0.2) is 36.4 Å². The Morgan fingerprint density at radius 2 is 1.63 bits per heavy atom. The van der Waals surface area contributed by atoms with Gasteiger partial charge in [-0.2, -0.15) is 0 Å². The van der Waals surface area contributed by atoms with Gasteiger partial charge in [0.05, 0.1) is 20.6 Å². The van der Waals surface area contributed by atoms with Crippen LogP contribution in [0, 0.1) is 13.8 Å². The summed E-state index contributed by atoms with van der Waals surface area (Å²) < 4.78 is 15.5. The van der Waals surface area contributed by atoms with Gasteiger partial charge in [-0.25, -0.2) is 0 Å². The molecule has 1 amide bonds. The van der Waals surface area contributed by atoms with Gasteiger partial charge in [0.15, 0.2) is 23.4 Å². The van der Waals surface area contributed by atoms with Crippen molar-refractivity contribution in [3.05, 3.63) is 53.1 Å². The largest absolute Gasteiger partial charge is 0.493 e. The highest BCUT2D eigenvalue weighted by atomic mass is 16.5. The fourth-order valence-electron chi connectivity index (χ4n) is 2.85. The number of carbonyl (C=O) groups excluding carboxylic acids is 3. The van der Waals surface area contributed by atoms with Crippen LogP contribution in [0.3, 0.4) is 0 Å². The fraction of sp³-hybridized carbons (Fsp3) is 0.348. The first-order valence-electron chi connectivity index (χ1n) is 9.58. The summed E-state index contributed by atoms with van der Waals surface area (Å²) in [6, 6.07) is 10.5. The van der Waals surface area contributed by atoms with Gasteiger partial charge in [-0.1, -0.05) is 17.7 Å². The third-order valence-corrected chi connectivity index (χ3v) is 4.58. The van der Waals surface area contributed by atoms with E-state index >= 15 is 0 Å². The van der Waals surface area contributed by atoms with E-state index in [0.29, 0.717) is 22.7 Å². The van der Waals surface area contributed by atoms with Crippen LogP contribution < -0.4 is 14.8 Å². The summed E-state index contributed by atoms with van der Waals surface area (Å²) in [5, 5.41) is 2.66. The molecule has 7 heteroatoms. The van der Waals surface area contributed by atoms with Crippen molar-refractivity contribution in [2.24, 2.45) is 0 Å². The number of rotatable bonds is 9. The molecule has 0 aliphatic rings. The molecule has 0 aromatic heterocycles. The average molecular weight is 413 g/mol.